The van der Waals surface area contributed by atoms with Gasteiger partial charge in [0.25, 0.3) is 0 Å². The highest BCUT2D eigenvalue weighted by molar-refractivity contribution is 5.50. The van der Waals surface area contributed by atoms with E-state index in [-0.39, 0.29) is 0 Å². The highest BCUT2D eigenvalue weighted by Crippen LogP contribution is 2.20. The standard InChI is InChI=1S/C19H23N2O/c1-20(2)19-5-3-4-17(15-19)14-16-6-8-18(9-7-16)21-10-12-22-13-11-21/h3-4,6-9,15H,10-14H2,1-2H3. The molecule has 2 aromatic carbocycles. The molecule has 22 heavy (non-hydrogen) atoms. The molecule has 0 saturated carbocycles. The molecule has 1 aliphatic heterocycles. The van der Waals surface area contributed by atoms with Crippen molar-refractivity contribution in [3.63, 3.8) is 0 Å². The summed E-state index contributed by atoms with van der Waals surface area (Å²) in [7, 11) is 4.10. The fourth-order valence-electron chi connectivity index (χ4n) is 2.75. The Bertz CT molecular complexity index is 601. The summed E-state index contributed by atoms with van der Waals surface area (Å²) in [6.45, 7) is 3.63. The van der Waals surface area contributed by atoms with Crippen LogP contribution in [0.1, 0.15) is 11.1 Å². The SMILES string of the molecule is CN(C)c1[c]ccc(Cc2ccc(N3CCOCC3)cc2)c1. The molecule has 0 aromatic heterocycles. The molecule has 1 heterocycles. The van der Waals surface area contributed by atoms with Crippen molar-refractivity contribution in [2.24, 2.45) is 0 Å². The van der Waals surface area contributed by atoms with E-state index in [1.54, 1.807) is 0 Å². The lowest BCUT2D eigenvalue weighted by atomic mass is 10.0. The molecule has 0 aliphatic carbocycles. The first-order valence-corrected chi connectivity index (χ1v) is 7.82. The maximum absolute atomic E-state index is 5.41. The van der Waals surface area contributed by atoms with Gasteiger partial charge in [-0.2, -0.15) is 0 Å². The molecule has 1 saturated heterocycles. The lowest BCUT2D eigenvalue weighted by molar-refractivity contribution is 0.122. The molecule has 3 heteroatoms. The number of benzene rings is 2. The van der Waals surface area contributed by atoms with Gasteiger partial charge in [-0.15, -0.1) is 0 Å². The number of ether oxygens (including phenoxy) is 1. The summed E-state index contributed by atoms with van der Waals surface area (Å²) < 4.78 is 5.41. The van der Waals surface area contributed by atoms with Crippen molar-refractivity contribution in [1.82, 2.24) is 0 Å². The van der Waals surface area contributed by atoms with Gasteiger partial charge in [-0.1, -0.05) is 24.3 Å². The van der Waals surface area contributed by atoms with Gasteiger partial charge in [0.15, 0.2) is 0 Å². The van der Waals surface area contributed by atoms with Crippen LogP contribution in [0.3, 0.4) is 0 Å². The average molecular weight is 295 g/mol. The number of hydrogen-bond acceptors (Lipinski definition) is 3. The predicted molar refractivity (Wildman–Crippen MR) is 91.9 cm³/mol. The zero-order valence-corrected chi connectivity index (χ0v) is 13.4. The molecule has 2 aromatic rings. The second-order valence-electron chi connectivity index (χ2n) is 5.92. The van der Waals surface area contributed by atoms with Crippen LogP contribution in [-0.4, -0.2) is 40.4 Å². The highest BCUT2D eigenvalue weighted by Gasteiger charge is 2.10. The van der Waals surface area contributed by atoms with Gasteiger partial charge in [-0.3, -0.25) is 0 Å². The van der Waals surface area contributed by atoms with Crippen LogP contribution in [0.25, 0.3) is 0 Å². The molecule has 1 fully saturated rings. The van der Waals surface area contributed by atoms with Crippen molar-refractivity contribution < 1.29 is 4.74 Å². The van der Waals surface area contributed by atoms with E-state index < -0.39 is 0 Å². The van der Waals surface area contributed by atoms with Gasteiger partial charge in [0.2, 0.25) is 0 Å². The first-order valence-electron chi connectivity index (χ1n) is 7.82. The number of rotatable bonds is 4. The molecule has 0 N–H and O–H groups in total. The normalized spacial score (nSPS) is 14.9. The fourth-order valence-corrected chi connectivity index (χ4v) is 2.75. The third-order valence-corrected chi connectivity index (χ3v) is 4.05. The Kier molecular flexibility index (Phi) is 4.64. The molecule has 0 amide bonds. The summed E-state index contributed by atoms with van der Waals surface area (Å²) in [4.78, 5) is 4.47. The monoisotopic (exact) mass is 295 g/mol. The molecule has 0 bridgehead atoms. The van der Waals surface area contributed by atoms with E-state index in [1.165, 1.54) is 16.8 Å². The van der Waals surface area contributed by atoms with Crippen molar-refractivity contribution >= 4 is 11.4 Å². The number of nitrogens with zero attached hydrogens (tertiary/aromatic N) is 2. The highest BCUT2D eigenvalue weighted by atomic mass is 16.5. The van der Waals surface area contributed by atoms with Crippen LogP contribution in [0.15, 0.2) is 42.5 Å². The van der Waals surface area contributed by atoms with E-state index in [2.05, 4.69) is 52.3 Å². The van der Waals surface area contributed by atoms with E-state index in [9.17, 15) is 0 Å². The minimum atomic E-state index is 0.829. The first kappa shape index (κ1) is 14.9. The maximum Gasteiger partial charge on any atom is 0.0642 e. The van der Waals surface area contributed by atoms with Gasteiger partial charge < -0.3 is 14.5 Å². The molecule has 0 spiro atoms. The van der Waals surface area contributed by atoms with Crippen LogP contribution in [0, 0.1) is 6.07 Å². The molecule has 1 aliphatic rings. The predicted octanol–water partition coefficient (Wildman–Crippen LogP) is 2.98. The first-order chi connectivity index (χ1) is 10.7. The quantitative estimate of drug-likeness (QED) is 0.862. The summed E-state index contributed by atoms with van der Waals surface area (Å²) in [5.41, 5.74) is 5.08. The van der Waals surface area contributed by atoms with Crippen LogP contribution >= 0.6 is 0 Å². The zero-order chi connectivity index (χ0) is 15.4. The maximum atomic E-state index is 5.41. The van der Waals surface area contributed by atoms with Gasteiger partial charge >= 0.3 is 0 Å². The zero-order valence-electron chi connectivity index (χ0n) is 13.4. The van der Waals surface area contributed by atoms with Gasteiger partial charge in [0.05, 0.1) is 13.2 Å². The topological polar surface area (TPSA) is 15.7 Å². The third-order valence-electron chi connectivity index (χ3n) is 4.05. The van der Waals surface area contributed by atoms with Crippen LogP contribution in [0.4, 0.5) is 11.4 Å². The minimum Gasteiger partial charge on any atom is -0.378 e. The molecular weight excluding hydrogens is 272 g/mol. The van der Waals surface area contributed by atoms with Crippen molar-refractivity contribution in [2.45, 2.75) is 6.42 Å². The van der Waals surface area contributed by atoms with Gasteiger partial charge in [-0.25, -0.2) is 0 Å². The molecule has 115 valence electrons. The fraction of sp³-hybridized carbons (Fsp3) is 0.368. The smallest absolute Gasteiger partial charge is 0.0642 e. The summed E-state index contributed by atoms with van der Waals surface area (Å²) in [6, 6.07) is 18.5. The average Bonchev–Trinajstić information content (AvgIpc) is 2.56. The van der Waals surface area contributed by atoms with Gasteiger partial charge in [0, 0.05) is 44.6 Å². The lowest BCUT2D eigenvalue weighted by Crippen LogP contribution is -2.36. The molecule has 3 rings (SSSR count). The summed E-state index contributed by atoms with van der Waals surface area (Å²) >= 11 is 0. The Morgan fingerprint density at radius 2 is 1.77 bits per heavy atom. The largest absolute Gasteiger partial charge is 0.378 e. The minimum absolute atomic E-state index is 0.829. The van der Waals surface area contributed by atoms with Gasteiger partial charge in [-0.05, 0) is 35.7 Å². The molecule has 0 unspecified atom stereocenters. The summed E-state index contributed by atoms with van der Waals surface area (Å²) in [5.74, 6) is 0. The van der Waals surface area contributed by atoms with E-state index in [1.807, 2.05) is 20.2 Å². The molecular formula is C19H23N2O. The van der Waals surface area contributed by atoms with Crippen LogP contribution in [0.2, 0.25) is 0 Å². The molecule has 3 nitrogen and oxygen atoms in total. The van der Waals surface area contributed by atoms with Crippen LogP contribution in [-0.2, 0) is 11.2 Å². The number of anilines is 2. The number of morpholine rings is 1. The van der Waals surface area contributed by atoms with Crippen molar-refractivity contribution in [3.05, 3.63) is 59.7 Å². The molecule has 1 radical (unpaired) electrons. The van der Waals surface area contributed by atoms with Crippen LogP contribution < -0.4 is 9.80 Å². The summed E-state index contributed by atoms with van der Waals surface area (Å²) in [6.07, 6.45) is 0.957. The lowest BCUT2D eigenvalue weighted by Gasteiger charge is -2.28. The van der Waals surface area contributed by atoms with Crippen molar-refractivity contribution in [3.8, 4) is 0 Å². The van der Waals surface area contributed by atoms with Crippen LogP contribution in [0.5, 0.6) is 0 Å². The Hall–Kier alpha value is -2.00. The summed E-state index contributed by atoms with van der Waals surface area (Å²) in [5, 5.41) is 0. The third kappa shape index (κ3) is 3.60. The Morgan fingerprint density at radius 3 is 2.45 bits per heavy atom. The van der Waals surface area contributed by atoms with E-state index >= 15 is 0 Å². The Labute approximate surface area is 133 Å². The second-order valence-corrected chi connectivity index (χ2v) is 5.92. The van der Waals surface area contributed by atoms with E-state index in [0.29, 0.717) is 0 Å². The van der Waals surface area contributed by atoms with Gasteiger partial charge in [0.1, 0.15) is 0 Å². The van der Waals surface area contributed by atoms with Crippen molar-refractivity contribution in [2.75, 3.05) is 50.2 Å². The second kappa shape index (κ2) is 6.84. The molecule has 0 atom stereocenters. The van der Waals surface area contributed by atoms with Crippen molar-refractivity contribution in [1.29, 1.82) is 0 Å². The Balaban J connectivity index is 1.69. The van der Waals surface area contributed by atoms with E-state index in [4.69, 9.17) is 4.74 Å². The van der Waals surface area contributed by atoms with E-state index in [0.717, 1.165) is 38.4 Å². The Morgan fingerprint density at radius 1 is 1.05 bits per heavy atom. The number of hydrogen-bond donors (Lipinski definition) is 0.